The summed E-state index contributed by atoms with van der Waals surface area (Å²) in [7, 11) is 0. The molecule has 0 spiro atoms. The number of nitrogens with one attached hydrogen (secondary N) is 1. The maximum Gasteiger partial charge on any atom is 0.251 e. The Labute approximate surface area is 197 Å². The van der Waals surface area contributed by atoms with E-state index in [0.717, 1.165) is 28.0 Å². The predicted molar refractivity (Wildman–Crippen MR) is 132 cm³/mol. The van der Waals surface area contributed by atoms with E-state index in [1.165, 1.54) is 12.1 Å². The van der Waals surface area contributed by atoms with E-state index in [1.807, 2.05) is 60.7 Å². The molecule has 0 aliphatic heterocycles. The lowest BCUT2D eigenvalue weighted by Gasteiger charge is -2.21. The normalized spacial score (nSPS) is 11.9. The van der Waals surface area contributed by atoms with Crippen molar-refractivity contribution in [3.8, 4) is 0 Å². The zero-order chi connectivity index (χ0) is 23.3. The molecule has 1 amide bonds. The molecular weight excluding hydrogens is 425 g/mol. The summed E-state index contributed by atoms with van der Waals surface area (Å²) in [4.78, 5) is 18.1. The lowest BCUT2D eigenvalue weighted by Crippen LogP contribution is -2.32. The van der Waals surface area contributed by atoms with Gasteiger partial charge in [-0.25, -0.2) is 9.37 Å². The minimum Gasteiger partial charge on any atom is -0.342 e. The molecule has 0 saturated heterocycles. The van der Waals surface area contributed by atoms with Crippen LogP contribution in [-0.2, 0) is 13.0 Å². The van der Waals surface area contributed by atoms with Crippen molar-refractivity contribution in [2.45, 2.75) is 19.0 Å². The topological polar surface area (TPSA) is 46.9 Å². The number of aromatic nitrogens is 2. The van der Waals surface area contributed by atoms with Gasteiger partial charge in [-0.15, -0.1) is 0 Å². The lowest BCUT2D eigenvalue weighted by molar-refractivity contribution is 0.0934. The highest BCUT2D eigenvalue weighted by Gasteiger charge is 2.23. The second-order valence-electron chi connectivity index (χ2n) is 8.25. The van der Waals surface area contributed by atoms with Gasteiger partial charge in [-0.1, -0.05) is 72.8 Å². The molecule has 0 radical (unpaired) electrons. The molecule has 5 rings (SSSR count). The van der Waals surface area contributed by atoms with Gasteiger partial charge in [-0.3, -0.25) is 4.79 Å². The highest BCUT2D eigenvalue weighted by Crippen LogP contribution is 2.25. The first kappa shape index (κ1) is 21.6. The molecule has 34 heavy (non-hydrogen) atoms. The van der Waals surface area contributed by atoms with Crippen LogP contribution in [0.2, 0.25) is 0 Å². The third kappa shape index (κ3) is 4.74. The van der Waals surface area contributed by atoms with E-state index in [4.69, 9.17) is 4.98 Å². The quantitative estimate of drug-likeness (QED) is 0.334. The van der Waals surface area contributed by atoms with E-state index in [2.05, 4.69) is 22.0 Å². The number of rotatable bonds is 7. The predicted octanol–water partition coefficient (Wildman–Crippen LogP) is 5.94. The maximum atomic E-state index is 13.5. The summed E-state index contributed by atoms with van der Waals surface area (Å²) in [5, 5.41) is 3.21. The largest absolute Gasteiger partial charge is 0.342 e. The number of halogens is 1. The monoisotopic (exact) mass is 449 g/mol. The minimum absolute atomic E-state index is 0.151. The summed E-state index contributed by atoms with van der Waals surface area (Å²) < 4.78 is 15.6. The van der Waals surface area contributed by atoms with E-state index in [9.17, 15) is 9.18 Å². The van der Waals surface area contributed by atoms with Crippen LogP contribution >= 0.6 is 0 Å². The van der Waals surface area contributed by atoms with Crippen molar-refractivity contribution in [2.75, 3.05) is 0 Å². The average Bonchev–Trinajstić information content (AvgIpc) is 3.24. The fraction of sp³-hybridized carbons (Fsp3) is 0.103. The fourth-order valence-corrected chi connectivity index (χ4v) is 4.19. The Kier molecular flexibility index (Phi) is 6.17. The molecule has 0 saturated carbocycles. The third-order valence-electron chi connectivity index (χ3n) is 5.87. The first-order valence-corrected chi connectivity index (χ1v) is 11.3. The molecule has 1 atom stereocenters. The molecule has 5 heteroatoms. The number of carbonyl (C=O) groups excluding carboxylic acids is 1. The Hall–Kier alpha value is -4.25. The molecule has 0 aliphatic rings. The van der Waals surface area contributed by atoms with Crippen molar-refractivity contribution in [3.63, 3.8) is 0 Å². The van der Waals surface area contributed by atoms with E-state index in [-0.39, 0.29) is 17.8 Å². The number of hydrogen-bond donors (Lipinski definition) is 1. The second-order valence-corrected chi connectivity index (χ2v) is 8.25. The van der Waals surface area contributed by atoms with Crippen molar-refractivity contribution >= 4 is 16.9 Å². The molecule has 0 bridgehead atoms. The Morgan fingerprint density at radius 3 is 2.18 bits per heavy atom. The summed E-state index contributed by atoms with van der Waals surface area (Å²) in [5.74, 6) is 0.345. The first-order chi connectivity index (χ1) is 16.7. The second kappa shape index (κ2) is 9.71. The van der Waals surface area contributed by atoms with Gasteiger partial charge in [-0.2, -0.15) is 0 Å². The standard InChI is InChI=1S/C29H24FN3O/c30-24-17-15-22(16-18-24)20-33-27-14-8-7-13-25(27)31-28(33)26(19-21-9-3-1-4-10-21)32-29(34)23-11-5-2-6-12-23/h1-18,26H,19-20H2,(H,32,34)/t26-/m0/s1. The van der Waals surface area contributed by atoms with Gasteiger partial charge in [0.1, 0.15) is 11.6 Å². The maximum absolute atomic E-state index is 13.5. The van der Waals surface area contributed by atoms with Gasteiger partial charge in [0.2, 0.25) is 0 Å². The van der Waals surface area contributed by atoms with Crippen LogP contribution in [-0.4, -0.2) is 15.5 Å². The molecule has 4 aromatic carbocycles. The van der Waals surface area contributed by atoms with Crippen LogP contribution in [0.3, 0.4) is 0 Å². The van der Waals surface area contributed by atoms with Gasteiger partial charge < -0.3 is 9.88 Å². The smallest absolute Gasteiger partial charge is 0.251 e. The van der Waals surface area contributed by atoms with Crippen molar-refractivity contribution in [1.82, 2.24) is 14.9 Å². The molecule has 1 aromatic heterocycles. The lowest BCUT2D eigenvalue weighted by atomic mass is 10.0. The molecule has 1 N–H and O–H groups in total. The number of hydrogen-bond acceptors (Lipinski definition) is 2. The summed E-state index contributed by atoms with van der Waals surface area (Å²) in [6.07, 6.45) is 0.589. The molecule has 0 aliphatic carbocycles. The number of nitrogens with zero attached hydrogens (tertiary/aromatic N) is 2. The fourth-order valence-electron chi connectivity index (χ4n) is 4.19. The molecule has 5 aromatic rings. The Balaban J connectivity index is 1.57. The van der Waals surface area contributed by atoms with Gasteiger partial charge in [0.15, 0.2) is 0 Å². The molecule has 4 nitrogen and oxygen atoms in total. The van der Waals surface area contributed by atoms with Crippen LogP contribution in [0.15, 0.2) is 109 Å². The van der Waals surface area contributed by atoms with Gasteiger partial charge in [-0.05, 0) is 53.9 Å². The van der Waals surface area contributed by atoms with Crippen molar-refractivity contribution in [1.29, 1.82) is 0 Å². The zero-order valence-electron chi connectivity index (χ0n) is 18.6. The Morgan fingerprint density at radius 2 is 1.44 bits per heavy atom. The molecule has 168 valence electrons. The Morgan fingerprint density at radius 1 is 0.794 bits per heavy atom. The average molecular weight is 450 g/mol. The highest BCUT2D eigenvalue weighted by atomic mass is 19.1. The van der Waals surface area contributed by atoms with E-state index >= 15 is 0 Å². The number of carbonyl (C=O) groups is 1. The molecular formula is C29H24FN3O. The minimum atomic E-state index is -0.358. The summed E-state index contributed by atoms with van der Waals surface area (Å²) in [5.41, 5.74) is 4.47. The van der Waals surface area contributed by atoms with E-state index in [0.29, 0.717) is 18.5 Å². The number of fused-ring (bicyclic) bond motifs is 1. The number of benzene rings is 4. The highest BCUT2D eigenvalue weighted by molar-refractivity contribution is 5.94. The van der Waals surface area contributed by atoms with Gasteiger partial charge in [0, 0.05) is 12.1 Å². The zero-order valence-corrected chi connectivity index (χ0v) is 18.6. The third-order valence-corrected chi connectivity index (χ3v) is 5.87. The molecule has 0 fully saturated rings. The number of para-hydroxylation sites is 2. The van der Waals surface area contributed by atoms with Crippen LogP contribution in [0.5, 0.6) is 0 Å². The van der Waals surface area contributed by atoms with E-state index in [1.54, 1.807) is 24.3 Å². The molecule has 1 heterocycles. The van der Waals surface area contributed by atoms with Crippen LogP contribution in [0.1, 0.15) is 33.4 Å². The van der Waals surface area contributed by atoms with Crippen LogP contribution < -0.4 is 5.32 Å². The van der Waals surface area contributed by atoms with Gasteiger partial charge >= 0.3 is 0 Å². The van der Waals surface area contributed by atoms with Gasteiger partial charge in [0.25, 0.3) is 5.91 Å². The SMILES string of the molecule is O=C(N[C@@H](Cc1ccccc1)c1nc2ccccc2n1Cc1ccc(F)cc1)c1ccccc1. The molecule has 0 unspecified atom stereocenters. The van der Waals surface area contributed by atoms with E-state index < -0.39 is 0 Å². The number of imidazole rings is 1. The van der Waals surface area contributed by atoms with Crippen LogP contribution in [0.4, 0.5) is 4.39 Å². The van der Waals surface area contributed by atoms with Crippen LogP contribution in [0, 0.1) is 5.82 Å². The Bertz CT molecular complexity index is 1400. The van der Waals surface area contributed by atoms with Crippen molar-refractivity contribution in [2.24, 2.45) is 0 Å². The van der Waals surface area contributed by atoms with Gasteiger partial charge in [0.05, 0.1) is 17.1 Å². The van der Waals surface area contributed by atoms with Crippen molar-refractivity contribution < 1.29 is 9.18 Å². The first-order valence-electron chi connectivity index (χ1n) is 11.3. The summed E-state index contributed by atoms with van der Waals surface area (Å²) in [6.45, 7) is 0.516. The number of amides is 1. The van der Waals surface area contributed by atoms with Crippen LogP contribution in [0.25, 0.3) is 11.0 Å². The summed E-state index contributed by atoms with van der Waals surface area (Å²) >= 11 is 0. The summed E-state index contributed by atoms with van der Waals surface area (Å²) in [6, 6.07) is 33.3. The van der Waals surface area contributed by atoms with Crippen molar-refractivity contribution in [3.05, 3.63) is 138 Å².